The standard InChI is InChI=1S/C11H15NO2/c1-3-12(11(13)14-4-2)10-8-6-5-7-9-10/h5-9H,3-4H2,1-2H3. The maximum Gasteiger partial charge on any atom is 0.414 e. The predicted octanol–water partition coefficient (Wildman–Crippen LogP) is 2.67. The van der Waals surface area contributed by atoms with Crippen LogP contribution >= 0.6 is 0 Å². The number of nitrogens with zero attached hydrogens (tertiary/aromatic N) is 1. The van der Waals surface area contributed by atoms with Crippen molar-refractivity contribution in [1.82, 2.24) is 0 Å². The zero-order valence-corrected chi connectivity index (χ0v) is 8.56. The van der Waals surface area contributed by atoms with Crippen molar-refractivity contribution in [2.24, 2.45) is 0 Å². The van der Waals surface area contributed by atoms with Crippen LogP contribution in [0.2, 0.25) is 0 Å². The van der Waals surface area contributed by atoms with Crippen molar-refractivity contribution in [3.8, 4) is 0 Å². The van der Waals surface area contributed by atoms with Crippen LogP contribution in [0.15, 0.2) is 30.3 Å². The van der Waals surface area contributed by atoms with Crippen LogP contribution in [0.5, 0.6) is 0 Å². The van der Waals surface area contributed by atoms with E-state index in [0.717, 1.165) is 5.69 Å². The third-order valence-electron chi connectivity index (χ3n) is 1.87. The third-order valence-corrected chi connectivity index (χ3v) is 1.87. The van der Waals surface area contributed by atoms with Gasteiger partial charge in [0.25, 0.3) is 0 Å². The molecule has 0 unspecified atom stereocenters. The maximum absolute atomic E-state index is 11.5. The Balaban J connectivity index is 2.77. The summed E-state index contributed by atoms with van der Waals surface area (Å²) >= 11 is 0. The average molecular weight is 193 g/mol. The Hall–Kier alpha value is -1.51. The SMILES string of the molecule is CCOC(=O)N(CC)c1ccccc1. The number of carbonyl (C=O) groups is 1. The number of rotatable bonds is 3. The number of amides is 1. The van der Waals surface area contributed by atoms with E-state index in [1.807, 2.05) is 37.3 Å². The zero-order chi connectivity index (χ0) is 10.4. The van der Waals surface area contributed by atoms with Gasteiger partial charge >= 0.3 is 6.09 Å². The van der Waals surface area contributed by atoms with Crippen LogP contribution < -0.4 is 4.90 Å². The minimum absolute atomic E-state index is 0.291. The Bertz CT molecular complexity index is 285. The van der Waals surface area contributed by atoms with Gasteiger partial charge < -0.3 is 4.74 Å². The Kier molecular flexibility index (Phi) is 3.98. The summed E-state index contributed by atoms with van der Waals surface area (Å²) in [7, 11) is 0. The molecular formula is C11H15NO2. The molecule has 0 spiro atoms. The number of hydrogen-bond acceptors (Lipinski definition) is 2. The fourth-order valence-corrected chi connectivity index (χ4v) is 1.23. The zero-order valence-electron chi connectivity index (χ0n) is 8.56. The van der Waals surface area contributed by atoms with E-state index in [0.29, 0.717) is 13.2 Å². The van der Waals surface area contributed by atoms with E-state index < -0.39 is 0 Å². The summed E-state index contributed by atoms with van der Waals surface area (Å²) < 4.78 is 4.94. The molecule has 1 rings (SSSR count). The smallest absolute Gasteiger partial charge is 0.414 e. The van der Waals surface area contributed by atoms with Crippen LogP contribution in [0.1, 0.15) is 13.8 Å². The van der Waals surface area contributed by atoms with E-state index >= 15 is 0 Å². The largest absolute Gasteiger partial charge is 0.449 e. The summed E-state index contributed by atoms with van der Waals surface area (Å²) in [6.45, 7) is 4.74. The second kappa shape index (κ2) is 5.27. The van der Waals surface area contributed by atoms with E-state index in [1.165, 1.54) is 0 Å². The van der Waals surface area contributed by atoms with Crippen LogP contribution in [0.25, 0.3) is 0 Å². The molecule has 0 aromatic heterocycles. The van der Waals surface area contributed by atoms with Crippen molar-refractivity contribution in [2.45, 2.75) is 13.8 Å². The molecule has 1 aromatic carbocycles. The molecule has 0 bridgehead atoms. The van der Waals surface area contributed by atoms with Crippen LogP contribution in [0.4, 0.5) is 10.5 Å². The molecule has 1 aromatic rings. The quantitative estimate of drug-likeness (QED) is 0.738. The van der Waals surface area contributed by atoms with Gasteiger partial charge in [0.15, 0.2) is 0 Å². The molecule has 1 amide bonds. The molecule has 0 N–H and O–H groups in total. The first kappa shape index (κ1) is 10.6. The van der Waals surface area contributed by atoms with Crippen molar-refractivity contribution in [1.29, 1.82) is 0 Å². The number of para-hydroxylation sites is 1. The summed E-state index contributed by atoms with van der Waals surface area (Å²) in [5.74, 6) is 0. The lowest BCUT2D eigenvalue weighted by atomic mass is 10.3. The van der Waals surface area contributed by atoms with Crippen molar-refractivity contribution in [3.63, 3.8) is 0 Å². The first-order valence-corrected chi connectivity index (χ1v) is 4.79. The van der Waals surface area contributed by atoms with Gasteiger partial charge in [-0.2, -0.15) is 0 Å². The lowest BCUT2D eigenvalue weighted by Crippen LogP contribution is -2.31. The van der Waals surface area contributed by atoms with Gasteiger partial charge in [0.1, 0.15) is 0 Å². The van der Waals surface area contributed by atoms with Gasteiger partial charge in [-0.1, -0.05) is 18.2 Å². The minimum atomic E-state index is -0.291. The fourth-order valence-electron chi connectivity index (χ4n) is 1.23. The van der Waals surface area contributed by atoms with Crippen molar-refractivity contribution in [3.05, 3.63) is 30.3 Å². The van der Waals surface area contributed by atoms with E-state index in [4.69, 9.17) is 4.74 Å². The highest BCUT2D eigenvalue weighted by Gasteiger charge is 2.13. The molecule has 0 saturated carbocycles. The van der Waals surface area contributed by atoms with E-state index in [2.05, 4.69) is 0 Å². The Morgan fingerprint density at radius 2 is 1.93 bits per heavy atom. The predicted molar refractivity (Wildman–Crippen MR) is 56.5 cm³/mol. The first-order chi connectivity index (χ1) is 6.79. The van der Waals surface area contributed by atoms with Gasteiger partial charge in [-0.05, 0) is 26.0 Å². The van der Waals surface area contributed by atoms with Crippen LogP contribution in [0, 0.1) is 0 Å². The lowest BCUT2D eigenvalue weighted by Gasteiger charge is -2.19. The lowest BCUT2D eigenvalue weighted by molar-refractivity contribution is 0.160. The monoisotopic (exact) mass is 193 g/mol. The molecule has 3 heteroatoms. The maximum atomic E-state index is 11.5. The topological polar surface area (TPSA) is 29.5 Å². The molecule has 0 atom stereocenters. The van der Waals surface area contributed by atoms with Crippen molar-refractivity contribution >= 4 is 11.8 Å². The average Bonchev–Trinajstić information content (AvgIpc) is 2.21. The molecule has 0 saturated heterocycles. The van der Waals surface area contributed by atoms with Crippen molar-refractivity contribution in [2.75, 3.05) is 18.1 Å². The molecule has 0 fully saturated rings. The van der Waals surface area contributed by atoms with Gasteiger partial charge in [-0.15, -0.1) is 0 Å². The number of ether oxygens (including phenoxy) is 1. The minimum Gasteiger partial charge on any atom is -0.449 e. The normalized spacial score (nSPS) is 9.57. The van der Waals surface area contributed by atoms with Gasteiger partial charge in [0.2, 0.25) is 0 Å². The summed E-state index contributed by atoms with van der Waals surface area (Å²) in [4.78, 5) is 13.1. The van der Waals surface area contributed by atoms with Crippen molar-refractivity contribution < 1.29 is 9.53 Å². The van der Waals surface area contributed by atoms with E-state index in [9.17, 15) is 4.79 Å². The molecule has 0 aliphatic heterocycles. The highest BCUT2D eigenvalue weighted by Crippen LogP contribution is 2.13. The summed E-state index contributed by atoms with van der Waals surface area (Å²) in [6, 6.07) is 9.50. The Morgan fingerprint density at radius 3 is 2.43 bits per heavy atom. The van der Waals surface area contributed by atoms with Gasteiger partial charge in [-0.3, -0.25) is 4.90 Å². The first-order valence-electron chi connectivity index (χ1n) is 4.79. The molecule has 76 valence electrons. The number of hydrogen-bond donors (Lipinski definition) is 0. The Labute approximate surface area is 84.3 Å². The molecular weight excluding hydrogens is 178 g/mol. The number of carbonyl (C=O) groups excluding carboxylic acids is 1. The second-order valence-corrected chi connectivity index (χ2v) is 2.78. The van der Waals surface area contributed by atoms with Crippen LogP contribution in [0.3, 0.4) is 0 Å². The summed E-state index contributed by atoms with van der Waals surface area (Å²) in [5, 5.41) is 0. The van der Waals surface area contributed by atoms with Gasteiger partial charge in [0.05, 0.1) is 6.61 Å². The summed E-state index contributed by atoms with van der Waals surface area (Å²) in [6.07, 6.45) is -0.291. The molecule has 0 aliphatic rings. The van der Waals surface area contributed by atoms with Gasteiger partial charge in [-0.25, -0.2) is 4.79 Å². The van der Waals surface area contributed by atoms with E-state index in [1.54, 1.807) is 11.8 Å². The number of anilines is 1. The molecule has 0 radical (unpaired) electrons. The second-order valence-electron chi connectivity index (χ2n) is 2.78. The van der Waals surface area contributed by atoms with Gasteiger partial charge in [0, 0.05) is 12.2 Å². The fraction of sp³-hybridized carbons (Fsp3) is 0.364. The van der Waals surface area contributed by atoms with Crippen LogP contribution in [-0.2, 0) is 4.74 Å². The molecule has 14 heavy (non-hydrogen) atoms. The highest BCUT2D eigenvalue weighted by atomic mass is 16.6. The summed E-state index contributed by atoms with van der Waals surface area (Å²) in [5.41, 5.74) is 0.869. The number of benzene rings is 1. The molecule has 0 heterocycles. The Morgan fingerprint density at radius 1 is 1.29 bits per heavy atom. The van der Waals surface area contributed by atoms with Crippen LogP contribution in [-0.4, -0.2) is 19.2 Å². The van der Waals surface area contributed by atoms with E-state index in [-0.39, 0.29) is 6.09 Å². The third kappa shape index (κ3) is 2.49. The highest BCUT2D eigenvalue weighted by molar-refractivity contribution is 5.87. The molecule has 0 aliphatic carbocycles. The molecule has 3 nitrogen and oxygen atoms in total.